The average Bonchev–Trinajstić information content (AvgIpc) is 3.17. The summed E-state index contributed by atoms with van der Waals surface area (Å²) in [5.74, 6) is 1.40. The van der Waals surface area contributed by atoms with E-state index in [9.17, 15) is 9.59 Å². The van der Waals surface area contributed by atoms with Gasteiger partial charge in [-0.1, -0.05) is 29.5 Å². The number of carbonyl (C=O) groups excluding carboxylic acids is 2. The van der Waals surface area contributed by atoms with E-state index in [0.717, 1.165) is 21.7 Å². The number of methoxy groups -OCH3 is 1. The van der Waals surface area contributed by atoms with Crippen LogP contribution in [0.15, 0.2) is 48.5 Å². The lowest BCUT2D eigenvalue weighted by Gasteiger charge is -2.17. The lowest BCUT2D eigenvalue weighted by Crippen LogP contribution is -2.45. The number of nitrogens with zero attached hydrogens (tertiary/aromatic N) is 1. The van der Waals surface area contributed by atoms with Crippen LogP contribution >= 0.6 is 23.1 Å². The predicted molar refractivity (Wildman–Crippen MR) is 122 cm³/mol. The van der Waals surface area contributed by atoms with Gasteiger partial charge in [-0.3, -0.25) is 9.59 Å². The highest BCUT2D eigenvalue weighted by atomic mass is 32.2. The summed E-state index contributed by atoms with van der Waals surface area (Å²) in [6, 6.07) is 13.9. The number of nitrogens with one attached hydrogen (secondary N) is 2. The number of rotatable bonds is 10. The number of hydrogen-bond donors (Lipinski definition) is 2. The molecule has 1 atom stereocenters. The van der Waals surface area contributed by atoms with E-state index in [-0.39, 0.29) is 18.4 Å². The first-order valence-corrected chi connectivity index (χ1v) is 11.5. The summed E-state index contributed by atoms with van der Waals surface area (Å²) in [5.41, 5.74) is 0.775. The minimum absolute atomic E-state index is 0.159. The molecular formula is C21H23N3O4S2. The van der Waals surface area contributed by atoms with Gasteiger partial charge in [0.25, 0.3) is 5.91 Å². The number of hydrogen-bond acceptors (Lipinski definition) is 7. The van der Waals surface area contributed by atoms with Gasteiger partial charge < -0.3 is 20.1 Å². The van der Waals surface area contributed by atoms with Gasteiger partial charge >= 0.3 is 0 Å². The molecule has 158 valence electrons. The maximum absolute atomic E-state index is 12.8. The molecule has 2 amide bonds. The molecular weight excluding hydrogens is 422 g/mol. The molecule has 9 heteroatoms. The van der Waals surface area contributed by atoms with Crippen molar-refractivity contribution < 1.29 is 19.1 Å². The molecule has 0 radical (unpaired) electrons. The summed E-state index contributed by atoms with van der Waals surface area (Å²) in [4.78, 5) is 29.5. The van der Waals surface area contributed by atoms with Crippen molar-refractivity contribution in [3.63, 3.8) is 0 Å². The lowest BCUT2D eigenvalue weighted by molar-refractivity contribution is -0.127. The molecule has 2 N–H and O–H groups in total. The maximum atomic E-state index is 12.8. The molecule has 0 aliphatic rings. The van der Waals surface area contributed by atoms with Crippen LogP contribution in [0.4, 0.5) is 5.13 Å². The number of amides is 2. The second-order valence-corrected chi connectivity index (χ2v) is 8.36. The molecule has 3 rings (SSSR count). The molecule has 1 heterocycles. The van der Waals surface area contributed by atoms with Crippen LogP contribution in [0.5, 0.6) is 11.5 Å². The van der Waals surface area contributed by atoms with Gasteiger partial charge in [0.05, 0.1) is 17.3 Å². The van der Waals surface area contributed by atoms with Crippen molar-refractivity contribution in [3.05, 3.63) is 48.5 Å². The number of anilines is 1. The molecule has 1 aromatic heterocycles. The summed E-state index contributed by atoms with van der Waals surface area (Å²) in [6.45, 7) is -0.159. The number of fused-ring (bicyclic) bond motifs is 1. The van der Waals surface area contributed by atoms with Crippen molar-refractivity contribution >= 4 is 50.3 Å². The molecule has 2 aromatic carbocycles. The van der Waals surface area contributed by atoms with E-state index in [4.69, 9.17) is 9.47 Å². The summed E-state index contributed by atoms with van der Waals surface area (Å²) in [6.07, 6.45) is 2.46. The summed E-state index contributed by atoms with van der Waals surface area (Å²) in [5, 5.41) is 6.06. The Kier molecular flexibility index (Phi) is 7.92. The Balaban J connectivity index is 1.62. The number of benzene rings is 2. The molecule has 7 nitrogen and oxygen atoms in total. The summed E-state index contributed by atoms with van der Waals surface area (Å²) < 4.78 is 11.6. The number of ether oxygens (including phenoxy) is 2. The van der Waals surface area contributed by atoms with Crippen LogP contribution in [0, 0.1) is 0 Å². The maximum Gasteiger partial charge on any atom is 0.258 e. The number of para-hydroxylation sites is 1. The van der Waals surface area contributed by atoms with E-state index >= 15 is 0 Å². The highest BCUT2D eigenvalue weighted by Crippen LogP contribution is 2.29. The van der Waals surface area contributed by atoms with Crippen molar-refractivity contribution in [2.75, 3.05) is 31.0 Å². The highest BCUT2D eigenvalue weighted by molar-refractivity contribution is 7.98. The fourth-order valence-corrected chi connectivity index (χ4v) is 4.05. The van der Waals surface area contributed by atoms with Crippen molar-refractivity contribution in [3.8, 4) is 11.5 Å². The Morgan fingerprint density at radius 1 is 1.17 bits per heavy atom. The van der Waals surface area contributed by atoms with E-state index in [2.05, 4.69) is 15.6 Å². The van der Waals surface area contributed by atoms with Crippen molar-refractivity contribution in [2.45, 2.75) is 12.5 Å². The molecule has 0 aliphatic heterocycles. The zero-order valence-corrected chi connectivity index (χ0v) is 18.3. The number of aromatic nitrogens is 1. The third kappa shape index (κ3) is 6.11. The van der Waals surface area contributed by atoms with Crippen LogP contribution in [-0.4, -0.2) is 48.6 Å². The van der Waals surface area contributed by atoms with Crippen LogP contribution in [-0.2, 0) is 9.59 Å². The van der Waals surface area contributed by atoms with Crippen LogP contribution in [0.2, 0.25) is 0 Å². The lowest BCUT2D eigenvalue weighted by atomic mass is 10.2. The van der Waals surface area contributed by atoms with Gasteiger partial charge in [0, 0.05) is 0 Å². The molecule has 0 spiro atoms. The fraction of sp³-hybridized carbons (Fsp3) is 0.286. The van der Waals surface area contributed by atoms with E-state index in [1.807, 2.05) is 42.7 Å². The first kappa shape index (κ1) is 21.9. The predicted octanol–water partition coefficient (Wildman–Crippen LogP) is 3.56. The molecule has 0 aliphatic carbocycles. The van der Waals surface area contributed by atoms with Crippen LogP contribution < -0.4 is 20.1 Å². The Hall–Kier alpha value is -2.78. The Morgan fingerprint density at radius 2 is 1.97 bits per heavy atom. The van der Waals surface area contributed by atoms with E-state index in [1.54, 1.807) is 31.0 Å². The summed E-state index contributed by atoms with van der Waals surface area (Å²) in [7, 11) is 1.60. The normalized spacial score (nSPS) is 11.7. The average molecular weight is 446 g/mol. The SMILES string of the molecule is COc1ccc2nc(NC(=O)[C@H](CCSC)NC(=O)COc3ccccc3)sc2c1. The van der Waals surface area contributed by atoms with Gasteiger partial charge in [-0.2, -0.15) is 11.8 Å². The monoisotopic (exact) mass is 445 g/mol. The van der Waals surface area contributed by atoms with Crippen molar-refractivity contribution in [1.29, 1.82) is 0 Å². The smallest absolute Gasteiger partial charge is 0.258 e. The van der Waals surface area contributed by atoms with E-state index < -0.39 is 6.04 Å². The molecule has 0 unspecified atom stereocenters. The van der Waals surface area contributed by atoms with Gasteiger partial charge in [-0.25, -0.2) is 4.98 Å². The second kappa shape index (κ2) is 10.8. The Bertz CT molecular complexity index is 994. The second-order valence-electron chi connectivity index (χ2n) is 6.35. The Morgan fingerprint density at radius 3 is 2.70 bits per heavy atom. The number of thiazole rings is 1. The third-order valence-corrected chi connectivity index (χ3v) is 5.78. The first-order chi connectivity index (χ1) is 14.6. The quantitative estimate of drug-likeness (QED) is 0.496. The van der Waals surface area contributed by atoms with Gasteiger partial charge in [0.15, 0.2) is 11.7 Å². The molecule has 30 heavy (non-hydrogen) atoms. The fourth-order valence-electron chi connectivity index (χ4n) is 2.68. The number of thioether (sulfide) groups is 1. The molecule has 0 saturated carbocycles. The molecule has 0 bridgehead atoms. The molecule has 3 aromatic rings. The minimum Gasteiger partial charge on any atom is -0.497 e. The van der Waals surface area contributed by atoms with Crippen LogP contribution in [0.25, 0.3) is 10.2 Å². The zero-order valence-electron chi connectivity index (χ0n) is 16.7. The number of carbonyl (C=O) groups is 2. The van der Waals surface area contributed by atoms with Crippen molar-refractivity contribution in [1.82, 2.24) is 10.3 Å². The first-order valence-electron chi connectivity index (χ1n) is 9.30. The molecule has 0 fully saturated rings. The minimum atomic E-state index is -0.675. The van der Waals surface area contributed by atoms with E-state index in [0.29, 0.717) is 17.3 Å². The molecule has 0 saturated heterocycles. The zero-order chi connectivity index (χ0) is 21.3. The summed E-state index contributed by atoms with van der Waals surface area (Å²) >= 11 is 2.97. The highest BCUT2D eigenvalue weighted by Gasteiger charge is 2.22. The van der Waals surface area contributed by atoms with Gasteiger partial charge in [-0.05, 0) is 48.8 Å². The van der Waals surface area contributed by atoms with Gasteiger partial charge in [0.2, 0.25) is 5.91 Å². The topological polar surface area (TPSA) is 89.5 Å². The van der Waals surface area contributed by atoms with Crippen molar-refractivity contribution in [2.24, 2.45) is 0 Å². The van der Waals surface area contributed by atoms with Crippen LogP contribution in [0.3, 0.4) is 0 Å². The Labute approximate surface area is 183 Å². The standard InChI is InChI=1S/C21H23N3O4S2/c1-27-15-8-9-16-18(12-15)30-21(23-16)24-20(26)17(10-11-29-2)22-19(25)13-28-14-6-4-3-5-7-14/h3-9,12,17H,10-11,13H2,1-2H3,(H,22,25)(H,23,24,26)/t17-/m0/s1. The third-order valence-electron chi connectivity index (χ3n) is 4.20. The van der Waals surface area contributed by atoms with Gasteiger partial charge in [-0.15, -0.1) is 0 Å². The van der Waals surface area contributed by atoms with E-state index in [1.165, 1.54) is 11.3 Å². The van der Waals surface area contributed by atoms with Crippen LogP contribution in [0.1, 0.15) is 6.42 Å². The largest absolute Gasteiger partial charge is 0.497 e. The van der Waals surface area contributed by atoms with Gasteiger partial charge in [0.1, 0.15) is 17.5 Å².